The zero-order chi connectivity index (χ0) is 11.9. The molecule has 0 unspecified atom stereocenters. The van der Waals surface area contributed by atoms with Crippen LogP contribution in [0.1, 0.15) is 50.2 Å². The van der Waals surface area contributed by atoms with Crippen molar-refractivity contribution in [2.24, 2.45) is 0 Å². The largest absolute Gasteiger partial charge is 0.374 e. The minimum atomic E-state index is 0.229. The van der Waals surface area contributed by atoms with E-state index in [1.54, 1.807) is 0 Å². The van der Waals surface area contributed by atoms with E-state index < -0.39 is 0 Å². The lowest BCUT2D eigenvalue weighted by molar-refractivity contribution is -0.158. The van der Waals surface area contributed by atoms with Crippen molar-refractivity contribution in [3.63, 3.8) is 0 Å². The molecule has 1 aromatic rings. The van der Waals surface area contributed by atoms with Gasteiger partial charge in [-0.05, 0) is 44.6 Å². The summed E-state index contributed by atoms with van der Waals surface area (Å²) in [4.78, 5) is 0. The van der Waals surface area contributed by atoms with Gasteiger partial charge in [0, 0.05) is 5.41 Å². The average Bonchev–Trinajstić information content (AvgIpc) is 2.41. The first kappa shape index (κ1) is 11.3. The SMILES string of the molecule is CCC12CCC(c3ccc(C)cc3)(CC1)CO2. The molecule has 1 aliphatic carbocycles. The fraction of sp³-hybridized carbons (Fsp3) is 0.625. The van der Waals surface area contributed by atoms with E-state index >= 15 is 0 Å². The lowest BCUT2D eigenvalue weighted by Gasteiger charge is -2.53. The third kappa shape index (κ3) is 1.72. The second-order valence-corrected chi connectivity index (χ2v) is 5.97. The second kappa shape index (κ2) is 3.84. The third-order valence-electron chi connectivity index (χ3n) is 5.08. The highest BCUT2D eigenvalue weighted by Crippen LogP contribution is 2.51. The maximum absolute atomic E-state index is 6.20. The molecule has 3 aliphatic rings. The van der Waals surface area contributed by atoms with E-state index in [0.29, 0.717) is 5.41 Å². The van der Waals surface area contributed by atoms with Crippen molar-refractivity contribution >= 4 is 0 Å². The van der Waals surface area contributed by atoms with Crippen LogP contribution in [0, 0.1) is 6.92 Å². The van der Waals surface area contributed by atoms with Crippen LogP contribution in [0.2, 0.25) is 0 Å². The molecule has 1 aromatic carbocycles. The Morgan fingerprint density at radius 2 is 1.71 bits per heavy atom. The van der Waals surface area contributed by atoms with Crippen LogP contribution in [0.4, 0.5) is 0 Å². The van der Waals surface area contributed by atoms with Crippen LogP contribution in [0.25, 0.3) is 0 Å². The normalized spacial score (nSPS) is 36.1. The Morgan fingerprint density at radius 3 is 2.18 bits per heavy atom. The molecule has 1 nitrogen and oxygen atoms in total. The van der Waals surface area contributed by atoms with Crippen LogP contribution in [0.15, 0.2) is 24.3 Å². The summed E-state index contributed by atoms with van der Waals surface area (Å²) in [6.07, 6.45) is 6.29. The van der Waals surface area contributed by atoms with Crippen LogP contribution < -0.4 is 0 Å². The molecule has 0 atom stereocenters. The average molecular weight is 230 g/mol. The molecule has 92 valence electrons. The maximum atomic E-state index is 6.20. The van der Waals surface area contributed by atoms with Gasteiger partial charge in [-0.2, -0.15) is 0 Å². The highest BCUT2D eigenvalue weighted by Gasteiger charge is 2.49. The minimum absolute atomic E-state index is 0.229. The summed E-state index contributed by atoms with van der Waals surface area (Å²) in [7, 11) is 0. The number of benzene rings is 1. The Balaban J connectivity index is 1.88. The highest BCUT2D eigenvalue weighted by molar-refractivity contribution is 5.31. The van der Waals surface area contributed by atoms with Gasteiger partial charge in [0.1, 0.15) is 0 Å². The zero-order valence-electron chi connectivity index (χ0n) is 11.0. The molecular formula is C16H22O. The molecule has 0 aromatic heterocycles. The minimum Gasteiger partial charge on any atom is -0.374 e. The number of aryl methyl sites for hydroxylation is 1. The molecule has 2 bridgehead atoms. The van der Waals surface area contributed by atoms with Gasteiger partial charge in [0.05, 0.1) is 12.2 Å². The van der Waals surface area contributed by atoms with Gasteiger partial charge in [-0.25, -0.2) is 0 Å². The van der Waals surface area contributed by atoms with E-state index in [9.17, 15) is 0 Å². The first-order valence-electron chi connectivity index (χ1n) is 6.89. The fourth-order valence-corrected chi connectivity index (χ4v) is 3.50. The van der Waals surface area contributed by atoms with Crippen molar-refractivity contribution in [1.82, 2.24) is 0 Å². The van der Waals surface area contributed by atoms with Crippen LogP contribution in [-0.2, 0) is 10.2 Å². The van der Waals surface area contributed by atoms with Crippen LogP contribution >= 0.6 is 0 Å². The molecule has 0 spiro atoms. The Hall–Kier alpha value is -0.820. The van der Waals surface area contributed by atoms with E-state index in [2.05, 4.69) is 38.1 Å². The lowest BCUT2D eigenvalue weighted by Crippen LogP contribution is -2.52. The Labute approximate surface area is 104 Å². The maximum Gasteiger partial charge on any atom is 0.0681 e. The van der Waals surface area contributed by atoms with Crippen LogP contribution in [-0.4, -0.2) is 12.2 Å². The van der Waals surface area contributed by atoms with E-state index in [4.69, 9.17) is 4.74 Å². The summed E-state index contributed by atoms with van der Waals surface area (Å²) >= 11 is 0. The molecule has 0 radical (unpaired) electrons. The zero-order valence-corrected chi connectivity index (χ0v) is 11.0. The standard InChI is InChI=1S/C16H22O/c1-3-16-10-8-15(9-11-16,12-17-16)14-6-4-13(2)5-7-14/h4-7H,3,8-12H2,1-2H3. The van der Waals surface area contributed by atoms with Crippen molar-refractivity contribution in [1.29, 1.82) is 0 Å². The molecule has 1 saturated carbocycles. The predicted molar refractivity (Wildman–Crippen MR) is 70.3 cm³/mol. The van der Waals surface area contributed by atoms with Crippen molar-refractivity contribution in [3.05, 3.63) is 35.4 Å². The van der Waals surface area contributed by atoms with E-state index in [1.165, 1.54) is 43.2 Å². The van der Waals surface area contributed by atoms with Gasteiger partial charge in [0.15, 0.2) is 0 Å². The van der Waals surface area contributed by atoms with Crippen LogP contribution in [0.5, 0.6) is 0 Å². The van der Waals surface area contributed by atoms with Crippen LogP contribution in [0.3, 0.4) is 0 Å². The van der Waals surface area contributed by atoms with Gasteiger partial charge in [0.2, 0.25) is 0 Å². The molecular weight excluding hydrogens is 208 g/mol. The molecule has 2 aliphatic heterocycles. The number of rotatable bonds is 2. The number of hydrogen-bond donors (Lipinski definition) is 0. The number of ether oxygens (including phenoxy) is 1. The fourth-order valence-electron chi connectivity index (χ4n) is 3.50. The Morgan fingerprint density at radius 1 is 1.06 bits per heavy atom. The molecule has 17 heavy (non-hydrogen) atoms. The van der Waals surface area contributed by atoms with Gasteiger partial charge >= 0.3 is 0 Å². The van der Waals surface area contributed by atoms with E-state index in [0.717, 1.165) is 6.61 Å². The lowest BCUT2D eigenvalue weighted by atomic mass is 9.62. The smallest absolute Gasteiger partial charge is 0.0681 e. The summed E-state index contributed by atoms with van der Waals surface area (Å²) in [6.45, 7) is 5.36. The third-order valence-corrected chi connectivity index (χ3v) is 5.08. The van der Waals surface area contributed by atoms with Gasteiger partial charge in [-0.3, -0.25) is 0 Å². The van der Waals surface area contributed by atoms with Gasteiger partial charge in [-0.15, -0.1) is 0 Å². The Bertz CT molecular complexity index is 380. The molecule has 0 N–H and O–H groups in total. The molecule has 1 heteroatoms. The van der Waals surface area contributed by atoms with Gasteiger partial charge in [0.25, 0.3) is 0 Å². The highest BCUT2D eigenvalue weighted by atomic mass is 16.5. The summed E-state index contributed by atoms with van der Waals surface area (Å²) in [5, 5.41) is 0. The molecule has 2 heterocycles. The number of fused-ring (bicyclic) bond motifs is 3. The quantitative estimate of drug-likeness (QED) is 0.746. The Kier molecular flexibility index (Phi) is 2.55. The summed E-state index contributed by atoms with van der Waals surface area (Å²) in [5.41, 5.74) is 3.39. The van der Waals surface area contributed by atoms with Crippen molar-refractivity contribution < 1.29 is 4.74 Å². The van der Waals surface area contributed by atoms with Crippen molar-refractivity contribution in [2.75, 3.05) is 6.61 Å². The molecule has 2 saturated heterocycles. The molecule has 0 amide bonds. The number of hydrogen-bond acceptors (Lipinski definition) is 1. The molecule has 3 fully saturated rings. The summed E-state index contributed by atoms with van der Waals surface area (Å²) < 4.78 is 6.20. The monoisotopic (exact) mass is 230 g/mol. The summed E-state index contributed by atoms with van der Waals surface area (Å²) in [6, 6.07) is 9.09. The van der Waals surface area contributed by atoms with E-state index in [1.807, 2.05) is 0 Å². The predicted octanol–water partition coefficient (Wildman–Crippen LogP) is 3.99. The topological polar surface area (TPSA) is 9.23 Å². The van der Waals surface area contributed by atoms with Gasteiger partial charge < -0.3 is 4.74 Å². The first-order chi connectivity index (χ1) is 8.18. The molecule has 4 rings (SSSR count). The second-order valence-electron chi connectivity index (χ2n) is 5.97. The first-order valence-corrected chi connectivity index (χ1v) is 6.89. The van der Waals surface area contributed by atoms with Crippen molar-refractivity contribution in [2.45, 2.75) is 57.0 Å². The summed E-state index contributed by atoms with van der Waals surface area (Å²) in [5.74, 6) is 0. The van der Waals surface area contributed by atoms with Gasteiger partial charge in [-0.1, -0.05) is 36.8 Å². The van der Waals surface area contributed by atoms with E-state index in [-0.39, 0.29) is 5.60 Å². The van der Waals surface area contributed by atoms with Crippen molar-refractivity contribution in [3.8, 4) is 0 Å².